The van der Waals surface area contributed by atoms with E-state index in [0.29, 0.717) is 13.0 Å². The van der Waals surface area contributed by atoms with E-state index < -0.39 is 102 Å². The van der Waals surface area contributed by atoms with Gasteiger partial charge in [-0.15, -0.1) is 0 Å². The van der Waals surface area contributed by atoms with Gasteiger partial charge >= 0.3 is 11.9 Å². The number of aliphatic carboxylic acids is 1. The van der Waals surface area contributed by atoms with E-state index >= 15 is 0 Å². The summed E-state index contributed by atoms with van der Waals surface area (Å²) >= 11 is 0. The van der Waals surface area contributed by atoms with Crippen molar-refractivity contribution in [2.75, 3.05) is 41.4 Å². The Morgan fingerprint density at radius 2 is 1.60 bits per heavy atom. The fourth-order valence-electron chi connectivity index (χ4n) is 9.19. The van der Waals surface area contributed by atoms with Crippen LogP contribution in [0, 0.1) is 17.8 Å². The number of aliphatic hydroxyl groups excluding tert-OH is 2. The molecule has 3 aliphatic rings. The first-order valence-electron chi connectivity index (χ1n) is 20.7. The van der Waals surface area contributed by atoms with Crippen LogP contribution in [0.15, 0.2) is 0 Å². The molecule has 16 nitrogen and oxygen atoms in total. The average Bonchev–Trinajstić information content (AvgIpc) is 3.12. The van der Waals surface area contributed by atoms with Crippen molar-refractivity contribution in [2.24, 2.45) is 17.8 Å². The van der Waals surface area contributed by atoms with Crippen molar-refractivity contribution < 1.29 is 68.3 Å². The monoisotopic (exact) mass is 821 g/mol. The molecular weight excluding hydrogens is 744 g/mol. The van der Waals surface area contributed by atoms with Crippen molar-refractivity contribution in [3.8, 4) is 0 Å². The van der Waals surface area contributed by atoms with Crippen molar-refractivity contribution in [1.29, 1.82) is 0 Å². The Labute approximate surface area is 340 Å². The van der Waals surface area contributed by atoms with Crippen LogP contribution < -0.4 is 0 Å². The number of hydrogen-bond donors (Lipinski definition) is 5. The predicted molar refractivity (Wildman–Crippen MR) is 210 cm³/mol. The maximum absolute atomic E-state index is 14.3. The van der Waals surface area contributed by atoms with Gasteiger partial charge in [-0.2, -0.15) is 0 Å². The van der Waals surface area contributed by atoms with E-state index in [1.54, 1.807) is 41.5 Å². The van der Waals surface area contributed by atoms with Crippen LogP contribution in [0.25, 0.3) is 0 Å². The van der Waals surface area contributed by atoms with E-state index in [0.717, 1.165) is 0 Å². The third kappa shape index (κ3) is 12.1. The predicted octanol–water partition coefficient (Wildman–Crippen LogP) is 2.40. The summed E-state index contributed by atoms with van der Waals surface area (Å²) in [7, 11) is 7.13. The lowest BCUT2D eigenvalue weighted by atomic mass is 9.77. The largest absolute Gasteiger partial charge is 0.481 e. The summed E-state index contributed by atoms with van der Waals surface area (Å²) in [6.07, 6.45) is -8.44. The Hall–Kier alpha value is -1.54. The van der Waals surface area contributed by atoms with Gasteiger partial charge in [0.25, 0.3) is 0 Å². The lowest BCUT2D eigenvalue weighted by Crippen LogP contribution is -2.61. The molecule has 0 aromatic rings. The molecule has 3 rings (SSSR count). The van der Waals surface area contributed by atoms with Gasteiger partial charge < -0.3 is 68.5 Å². The minimum atomic E-state index is -1.83. The van der Waals surface area contributed by atoms with E-state index in [1.165, 1.54) is 14.0 Å². The Morgan fingerprint density at radius 3 is 2.16 bits per heavy atom. The van der Waals surface area contributed by atoms with Crippen LogP contribution in [0.5, 0.6) is 0 Å². The second-order valence-corrected chi connectivity index (χ2v) is 18.2. The number of carbonyl (C=O) groups excluding carboxylic acids is 1. The van der Waals surface area contributed by atoms with Gasteiger partial charge in [0, 0.05) is 38.1 Å². The number of hydrogen-bond acceptors (Lipinski definition) is 15. The van der Waals surface area contributed by atoms with E-state index in [9.17, 15) is 35.1 Å². The third-order valence-electron chi connectivity index (χ3n) is 12.8. The molecule has 57 heavy (non-hydrogen) atoms. The first kappa shape index (κ1) is 49.8. The van der Waals surface area contributed by atoms with Crippen molar-refractivity contribution >= 4 is 11.9 Å². The van der Waals surface area contributed by atoms with Gasteiger partial charge in [0.2, 0.25) is 0 Å². The molecule has 3 heterocycles. The maximum Gasteiger partial charge on any atom is 0.311 e. The molecule has 3 saturated heterocycles. The highest BCUT2D eigenvalue weighted by Crippen LogP contribution is 2.40. The molecule has 0 amide bonds. The molecular formula is C41H76N2O14. The number of cyclic esters (lactones) is 1. The van der Waals surface area contributed by atoms with E-state index in [1.807, 2.05) is 51.7 Å². The van der Waals surface area contributed by atoms with Gasteiger partial charge in [-0.3, -0.25) is 9.59 Å². The molecule has 0 radical (unpaired) electrons. The minimum Gasteiger partial charge on any atom is -0.481 e. The van der Waals surface area contributed by atoms with Gasteiger partial charge in [0.15, 0.2) is 12.6 Å². The number of likely N-dealkylation sites (N-methyl/N-ethyl adjacent to an activating group) is 2. The van der Waals surface area contributed by atoms with Crippen LogP contribution in [0.1, 0.15) is 101 Å². The number of aliphatic hydroxyl groups is 4. The number of ether oxygens (including phenoxy) is 7. The van der Waals surface area contributed by atoms with Gasteiger partial charge in [-0.05, 0) is 94.8 Å². The number of carboxylic acids is 1. The fraction of sp³-hybridized carbons (Fsp3) is 0.951. The van der Waals surface area contributed by atoms with Gasteiger partial charge in [0.05, 0.1) is 54.6 Å². The molecule has 3 aliphatic heterocycles. The second-order valence-electron chi connectivity index (χ2n) is 18.2. The number of rotatable bonds is 11. The summed E-state index contributed by atoms with van der Waals surface area (Å²) in [5.41, 5.74) is -4.48. The lowest BCUT2D eigenvalue weighted by molar-refractivity contribution is -0.321. The lowest BCUT2D eigenvalue weighted by Gasteiger charge is -2.49. The summed E-state index contributed by atoms with van der Waals surface area (Å²) < 4.78 is 44.4. The molecule has 0 aromatic carbocycles. The Morgan fingerprint density at radius 1 is 0.965 bits per heavy atom. The van der Waals surface area contributed by atoms with Crippen LogP contribution in [0.3, 0.4) is 0 Å². The fourth-order valence-corrected chi connectivity index (χ4v) is 9.19. The van der Waals surface area contributed by atoms with Gasteiger partial charge in [-0.25, -0.2) is 0 Å². The molecule has 5 N–H and O–H groups in total. The molecule has 0 aromatic heterocycles. The summed E-state index contributed by atoms with van der Waals surface area (Å²) in [6.45, 7) is 17.8. The molecule has 0 saturated carbocycles. The molecule has 0 bridgehead atoms. The summed E-state index contributed by atoms with van der Waals surface area (Å²) in [5.74, 6) is -3.74. The highest BCUT2D eigenvalue weighted by Gasteiger charge is 2.53. The topological polar surface area (TPSA) is 206 Å². The number of carboxylic acid groups (broad SMARTS) is 1. The molecule has 16 heteroatoms. The second kappa shape index (κ2) is 20.3. The highest BCUT2D eigenvalue weighted by atomic mass is 16.7. The zero-order valence-electron chi connectivity index (χ0n) is 36.9. The van der Waals surface area contributed by atoms with Crippen LogP contribution in [0.2, 0.25) is 0 Å². The van der Waals surface area contributed by atoms with Crippen LogP contribution >= 0.6 is 0 Å². The SMILES string of the molecule is CC[C@H]1OC(=O)C(C)[C@@H](O[C@H]2C[C@@](C)(OC)[C@@H](O)[C@H](C)O2)[C@H](C)[C@@H](O[C@@H]2OC(C)CC(N(C)C)[C@H]2OCCC(=O)O)[C@](C)(O)C[C@@H](C)CN(C)C(C)C(O)[C@]1(C)O. The first-order chi connectivity index (χ1) is 26.3. The Kier molecular flexibility index (Phi) is 17.8. The first-order valence-corrected chi connectivity index (χ1v) is 20.7. The Balaban J connectivity index is 2.22. The summed E-state index contributed by atoms with van der Waals surface area (Å²) in [4.78, 5) is 29.7. The number of esters is 1. The molecule has 334 valence electrons. The van der Waals surface area contributed by atoms with Crippen LogP contribution in [-0.4, -0.2) is 179 Å². The van der Waals surface area contributed by atoms with Crippen molar-refractivity contribution in [3.05, 3.63) is 0 Å². The smallest absolute Gasteiger partial charge is 0.311 e. The average molecular weight is 821 g/mol. The quantitative estimate of drug-likeness (QED) is 0.190. The number of nitrogens with zero attached hydrogens (tertiary/aromatic N) is 2. The standard InChI is InChI=1S/C41H76N2O14/c1-15-29-41(10,50)34(46)26(6)43(13)21-22(2)19-39(8,49)36(57-38-33(52-17-16-30(44)45)28(42(11)12)18-23(3)53-38)24(4)32(25(5)37(48)55-29)56-31-20-40(9,51-14)35(47)27(7)54-31/h22-29,31-36,38,46-47,49-50H,15-21H2,1-14H3,(H,44,45)/t22-,23?,24+,25?,26?,27+,28?,29-,31+,32+,33-,34?,35+,36-,38+,39-,40-,41-/m1/s1. The normalized spacial score (nSPS) is 46.2. The minimum absolute atomic E-state index is 0.0930. The molecule has 3 fully saturated rings. The molecule has 18 atom stereocenters. The number of methoxy groups -OCH3 is 1. The molecule has 0 aliphatic carbocycles. The number of carbonyl (C=O) groups is 2. The summed E-state index contributed by atoms with van der Waals surface area (Å²) in [6, 6.07) is -0.796. The molecule has 5 unspecified atom stereocenters. The van der Waals surface area contributed by atoms with E-state index in [-0.39, 0.29) is 50.4 Å². The highest BCUT2D eigenvalue weighted by molar-refractivity contribution is 5.73. The van der Waals surface area contributed by atoms with Crippen molar-refractivity contribution in [1.82, 2.24) is 9.80 Å². The van der Waals surface area contributed by atoms with Gasteiger partial charge in [-0.1, -0.05) is 20.8 Å². The van der Waals surface area contributed by atoms with E-state index in [2.05, 4.69) is 0 Å². The van der Waals surface area contributed by atoms with Gasteiger partial charge in [0.1, 0.15) is 30.0 Å². The summed E-state index contributed by atoms with van der Waals surface area (Å²) in [5, 5.41) is 56.5. The van der Waals surface area contributed by atoms with Crippen LogP contribution in [0.4, 0.5) is 0 Å². The Bertz CT molecular complexity index is 1290. The van der Waals surface area contributed by atoms with Crippen LogP contribution in [-0.2, 0) is 42.7 Å². The van der Waals surface area contributed by atoms with Crippen molar-refractivity contribution in [2.45, 2.75) is 192 Å². The van der Waals surface area contributed by atoms with E-state index in [4.69, 9.17) is 33.2 Å². The zero-order chi connectivity index (χ0) is 43.4. The third-order valence-corrected chi connectivity index (χ3v) is 12.8. The maximum atomic E-state index is 14.3. The zero-order valence-corrected chi connectivity index (χ0v) is 36.9. The van der Waals surface area contributed by atoms with Crippen molar-refractivity contribution in [3.63, 3.8) is 0 Å². The molecule has 0 spiro atoms.